The molecule has 1 aromatic rings. The topological polar surface area (TPSA) is 49.4 Å². The summed E-state index contributed by atoms with van der Waals surface area (Å²) in [6.07, 6.45) is 3.06. The lowest BCUT2D eigenvalue weighted by molar-refractivity contribution is 0.249. The number of nitrogens with one attached hydrogen (secondary N) is 1. The summed E-state index contributed by atoms with van der Waals surface area (Å²) in [7, 11) is -3.03. The predicted molar refractivity (Wildman–Crippen MR) is 89.4 cm³/mol. The normalized spacial score (nSPS) is 15.3. The van der Waals surface area contributed by atoms with E-state index in [0.717, 1.165) is 38.9 Å². The summed E-state index contributed by atoms with van der Waals surface area (Å²) in [5.74, 6) is 0.163. The second-order valence-electron chi connectivity index (χ2n) is 5.30. The monoisotopic (exact) mass is 332 g/mol. The van der Waals surface area contributed by atoms with Gasteiger partial charge in [-0.2, -0.15) is 0 Å². The first-order valence-electron chi connectivity index (χ1n) is 7.37. The van der Waals surface area contributed by atoms with Crippen LogP contribution in [0.3, 0.4) is 0 Å². The van der Waals surface area contributed by atoms with Gasteiger partial charge in [-0.1, -0.05) is 24.3 Å². The molecule has 1 N–H and O–H groups in total. The number of unbranched alkanes of at least 4 members (excludes halogenated alkanes) is 1. The van der Waals surface area contributed by atoms with Gasteiger partial charge in [0.05, 0.1) is 5.75 Å². The van der Waals surface area contributed by atoms with Gasteiger partial charge >= 0.3 is 0 Å². The Morgan fingerprint density at radius 3 is 2.62 bits per heavy atom. The minimum atomic E-state index is -3.03. The van der Waals surface area contributed by atoms with E-state index >= 15 is 0 Å². The Balaban J connectivity index is 0.00000220. The molecule has 1 aliphatic heterocycles. The summed E-state index contributed by atoms with van der Waals surface area (Å²) in [5, 5.41) is 0. The van der Waals surface area contributed by atoms with E-state index in [9.17, 15) is 8.42 Å². The average molecular weight is 333 g/mol. The van der Waals surface area contributed by atoms with E-state index in [2.05, 4.69) is 33.9 Å². The van der Waals surface area contributed by atoms with Crippen LogP contribution in [0.1, 0.15) is 30.9 Å². The minimum Gasteiger partial charge on any atom is -0.299 e. The fourth-order valence-electron chi connectivity index (χ4n) is 2.54. The van der Waals surface area contributed by atoms with E-state index < -0.39 is 10.0 Å². The summed E-state index contributed by atoms with van der Waals surface area (Å²) in [6.45, 7) is 5.39. The van der Waals surface area contributed by atoms with Crippen molar-refractivity contribution in [2.24, 2.45) is 0 Å². The van der Waals surface area contributed by atoms with Gasteiger partial charge in [0, 0.05) is 19.6 Å². The van der Waals surface area contributed by atoms with Crippen LogP contribution in [0.5, 0.6) is 0 Å². The molecule has 1 aromatic carbocycles. The van der Waals surface area contributed by atoms with Gasteiger partial charge < -0.3 is 0 Å². The Morgan fingerprint density at radius 1 is 1.19 bits per heavy atom. The summed E-state index contributed by atoms with van der Waals surface area (Å²) in [6, 6.07) is 8.62. The van der Waals surface area contributed by atoms with E-state index in [0.29, 0.717) is 6.54 Å². The number of hydrogen-bond donors (Lipinski definition) is 1. The molecule has 0 atom stereocenters. The van der Waals surface area contributed by atoms with Crippen LogP contribution in [0.4, 0.5) is 0 Å². The Hall–Kier alpha value is -0.620. The Bertz CT molecular complexity index is 534. The number of fused-ring (bicyclic) bond motifs is 1. The van der Waals surface area contributed by atoms with E-state index in [1.54, 1.807) is 6.92 Å². The molecule has 1 heterocycles. The Morgan fingerprint density at radius 2 is 1.90 bits per heavy atom. The van der Waals surface area contributed by atoms with Crippen molar-refractivity contribution in [3.63, 3.8) is 0 Å². The van der Waals surface area contributed by atoms with Crippen molar-refractivity contribution in [3.05, 3.63) is 35.4 Å². The number of sulfonamides is 1. The van der Waals surface area contributed by atoms with E-state index in [4.69, 9.17) is 0 Å². The summed E-state index contributed by atoms with van der Waals surface area (Å²) in [5.41, 5.74) is 2.91. The Kier molecular flexibility index (Phi) is 7.66. The van der Waals surface area contributed by atoms with Crippen LogP contribution in [-0.4, -0.2) is 38.7 Å². The highest BCUT2D eigenvalue weighted by molar-refractivity contribution is 7.89. The maximum Gasteiger partial charge on any atom is 0.211 e. The molecule has 0 saturated carbocycles. The lowest BCUT2D eigenvalue weighted by Gasteiger charge is -2.28. The molecule has 0 saturated heterocycles. The van der Waals surface area contributed by atoms with Crippen LogP contribution < -0.4 is 4.72 Å². The molecule has 0 aromatic heterocycles. The summed E-state index contributed by atoms with van der Waals surface area (Å²) >= 11 is 0. The SMILES string of the molecule is CCS(=O)(=O)NCCCCN1CCc2ccccc2C1.Cl. The molecule has 2 rings (SSSR count). The highest BCUT2D eigenvalue weighted by Crippen LogP contribution is 2.18. The first-order valence-corrected chi connectivity index (χ1v) is 9.02. The zero-order chi connectivity index (χ0) is 14.4. The average Bonchev–Trinajstić information content (AvgIpc) is 2.46. The first-order chi connectivity index (χ1) is 9.61. The highest BCUT2D eigenvalue weighted by atomic mass is 35.5. The van der Waals surface area contributed by atoms with Crippen molar-refractivity contribution in [1.82, 2.24) is 9.62 Å². The van der Waals surface area contributed by atoms with Crippen molar-refractivity contribution < 1.29 is 8.42 Å². The van der Waals surface area contributed by atoms with Gasteiger partial charge in [0.15, 0.2) is 0 Å². The molecule has 0 amide bonds. The quantitative estimate of drug-likeness (QED) is 0.779. The van der Waals surface area contributed by atoms with Crippen molar-refractivity contribution >= 4 is 22.4 Å². The first kappa shape index (κ1) is 18.4. The van der Waals surface area contributed by atoms with Gasteiger partial charge in [-0.15, -0.1) is 12.4 Å². The number of hydrogen-bond acceptors (Lipinski definition) is 3. The van der Waals surface area contributed by atoms with Gasteiger partial charge in [-0.3, -0.25) is 4.90 Å². The second-order valence-corrected chi connectivity index (χ2v) is 7.40. The number of benzene rings is 1. The van der Waals surface area contributed by atoms with Crippen LogP contribution in [0, 0.1) is 0 Å². The lowest BCUT2D eigenvalue weighted by atomic mass is 10.00. The molecule has 21 heavy (non-hydrogen) atoms. The van der Waals surface area contributed by atoms with E-state index in [1.807, 2.05) is 0 Å². The standard InChI is InChI=1S/C15H24N2O2S.ClH/c1-2-20(18,19)16-10-5-6-11-17-12-9-14-7-3-4-8-15(14)13-17;/h3-4,7-8,16H,2,5-6,9-13H2,1H3;1H. The number of nitrogens with zero attached hydrogens (tertiary/aromatic N) is 1. The molecule has 0 radical (unpaired) electrons. The molecular weight excluding hydrogens is 308 g/mol. The predicted octanol–water partition coefficient (Wildman–Crippen LogP) is 2.19. The fourth-order valence-corrected chi connectivity index (χ4v) is 3.19. The van der Waals surface area contributed by atoms with Crippen LogP contribution >= 0.6 is 12.4 Å². The number of rotatable bonds is 7. The summed E-state index contributed by atoms with van der Waals surface area (Å²) in [4.78, 5) is 2.46. The zero-order valence-electron chi connectivity index (χ0n) is 12.5. The zero-order valence-corrected chi connectivity index (χ0v) is 14.2. The molecule has 4 nitrogen and oxygen atoms in total. The molecular formula is C15H25ClN2O2S. The van der Waals surface area contributed by atoms with Gasteiger partial charge in [0.25, 0.3) is 0 Å². The van der Waals surface area contributed by atoms with Gasteiger partial charge in [0.1, 0.15) is 0 Å². The lowest BCUT2D eigenvalue weighted by Crippen LogP contribution is -2.32. The van der Waals surface area contributed by atoms with Crippen LogP contribution in [0.2, 0.25) is 0 Å². The van der Waals surface area contributed by atoms with Crippen molar-refractivity contribution in [3.8, 4) is 0 Å². The largest absolute Gasteiger partial charge is 0.299 e. The second kappa shape index (κ2) is 8.73. The van der Waals surface area contributed by atoms with Crippen molar-refractivity contribution in [2.75, 3.05) is 25.4 Å². The van der Waals surface area contributed by atoms with Gasteiger partial charge in [-0.05, 0) is 43.9 Å². The molecule has 1 aliphatic rings. The summed E-state index contributed by atoms with van der Waals surface area (Å²) < 4.78 is 25.2. The molecule has 0 unspecified atom stereocenters. The number of halogens is 1. The van der Waals surface area contributed by atoms with Crippen LogP contribution in [0.25, 0.3) is 0 Å². The van der Waals surface area contributed by atoms with Gasteiger partial charge in [0.2, 0.25) is 10.0 Å². The van der Waals surface area contributed by atoms with E-state index in [1.165, 1.54) is 11.1 Å². The van der Waals surface area contributed by atoms with E-state index in [-0.39, 0.29) is 18.2 Å². The molecule has 0 aliphatic carbocycles. The van der Waals surface area contributed by atoms with Crippen molar-refractivity contribution in [2.45, 2.75) is 32.7 Å². The van der Waals surface area contributed by atoms with Crippen molar-refractivity contribution in [1.29, 1.82) is 0 Å². The maximum atomic E-state index is 11.3. The third kappa shape index (κ3) is 5.94. The molecule has 0 spiro atoms. The van der Waals surface area contributed by atoms with Gasteiger partial charge in [-0.25, -0.2) is 13.1 Å². The maximum absolute atomic E-state index is 11.3. The Labute approximate surface area is 134 Å². The molecule has 120 valence electrons. The van der Waals surface area contributed by atoms with Crippen LogP contribution in [-0.2, 0) is 23.0 Å². The molecule has 0 fully saturated rings. The highest BCUT2D eigenvalue weighted by Gasteiger charge is 2.14. The molecule has 0 bridgehead atoms. The third-order valence-corrected chi connectivity index (χ3v) is 5.22. The van der Waals surface area contributed by atoms with Crippen LogP contribution in [0.15, 0.2) is 24.3 Å². The molecule has 6 heteroatoms. The fraction of sp³-hybridized carbons (Fsp3) is 0.600. The minimum absolute atomic E-state index is 0. The smallest absolute Gasteiger partial charge is 0.211 e. The third-order valence-electron chi connectivity index (χ3n) is 3.81.